The number of nitrogens with one attached hydrogen (secondary N) is 1. The molecule has 40 heavy (non-hydrogen) atoms. The minimum absolute atomic E-state index is 0.191. The Bertz CT molecular complexity index is 1850. The second-order valence-electron chi connectivity index (χ2n) is 9.64. The molecule has 2 aromatic heterocycles. The summed E-state index contributed by atoms with van der Waals surface area (Å²) in [5.41, 5.74) is 1.17. The van der Waals surface area contributed by atoms with Crippen LogP contribution in [0.15, 0.2) is 100 Å². The fraction of sp³-hybridized carbons (Fsp3) is 0.133. The average molecular weight is 584 g/mol. The largest absolute Gasteiger partial charge is 0.325 e. The first-order valence-corrected chi connectivity index (χ1v) is 15.2. The summed E-state index contributed by atoms with van der Waals surface area (Å²) in [6.07, 6.45) is 0. The van der Waals surface area contributed by atoms with Crippen molar-refractivity contribution < 1.29 is 14.4 Å². The fourth-order valence-electron chi connectivity index (χ4n) is 5.47. The van der Waals surface area contributed by atoms with Crippen LogP contribution in [0.25, 0.3) is 10.8 Å². The number of hydrogen-bond donors (Lipinski definition) is 1. The van der Waals surface area contributed by atoms with Gasteiger partial charge in [0.1, 0.15) is 11.8 Å². The van der Waals surface area contributed by atoms with Crippen molar-refractivity contribution in [2.75, 3.05) is 10.2 Å². The van der Waals surface area contributed by atoms with Crippen LogP contribution in [0.1, 0.15) is 15.7 Å². The number of rotatable bonds is 5. The summed E-state index contributed by atoms with van der Waals surface area (Å²) in [4.78, 5) is 56.5. The molecule has 1 fully saturated rings. The Labute approximate surface area is 241 Å². The molecule has 3 aromatic carbocycles. The third-order valence-corrected chi connectivity index (χ3v) is 10.8. The lowest BCUT2D eigenvalue weighted by atomic mass is 9.87. The lowest BCUT2D eigenvalue weighted by molar-refractivity contribution is -0.122. The van der Waals surface area contributed by atoms with E-state index in [1.54, 1.807) is 24.3 Å². The molecule has 2 aliphatic rings. The molecular formula is C30H21N3O4S3. The van der Waals surface area contributed by atoms with Gasteiger partial charge in [-0.1, -0.05) is 77.7 Å². The molecule has 0 spiro atoms. The Kier molecular flexibility index (Phi) is 6.18. The molecule has 7 nitrogen and oxygen atoms in total. The number of aromatic nitrogens is 1. The third-order valence-electron chi connectivity index (χ3n) is 7.25. The van der Waals surface area contributed by atoms with Gasteiger partial charge in [0.05, 0.1) is 16.6 Å². The molecule has 0 radical (unpaired) electrons. The zero-order valence-corrected chi connectivity index (χ0v) is 23.3. The Morgan fingerprint density at radius 2 is 1.62 bits per heavy atom. The number of carbonyl (C=O) groups excluding carboxylic acids is 3. The number of thioether (sulfide) groups is 1. The molecule has 0 bridgehead atoms. The molecule has 0 aliphatic carbocycles. The van der Waals surface area contributed by atoms with Crippen molar-refractivity contribution in [2.24, 2.45) is 5.92 Å². The zero-order chi connectivity index (χ0) is 27.4. The summed E-state index contributed by atoms with van der Waals surface area (Å²) in [6.45, 7) is -0.191. The van der Waals surface area contributed by atoms with Gasteiger partial charge in [0.25, 0.3) is 0 Å². The van der Waals surface area contributed by atoms with Crippen molar-refractivity contribution in [3.63, 3.8) is 0 Å². The lowest BCUT2D eigenvalue weighted by Gasteiger charge is -2.29. The van der Waals surface area contributed by atoms with Gasteiger partial charge in [0.15, 0.2) is 0 Å². The van der Waals surface area contributed by atoms with Gasteiger partial charge in [-0.05, 0) is 46.5 Å². The van der Waals surface area contributed by atoms with E-state index in [9.17, 15) is 19.2 Å². The molecular weight excluding hydrogens is 563 g/mol. The first kappa shape index (κ1) is 25.0. The van der Waals surface area contributed by atoms with E-state index < -0.39 is 17.1 Å². The molecule has 0 unspecified atom stereocenters. The van der Waals surface area contributed by atoms with Crippen LogP contribution in [0.5, 0.6) is 0 Å². The Morgan fingerprint density at radius 3 is 2.40 bits per heavy atom. The van der Waals surface area contributed by atoms with Gasteiger partial charge in [-0.15, -0.1) is 11.3 Å². The first-order chi connectivity index (χ1) is 19.5. The van der Waals surface area contributed by atoms with Gasteiger partial charge < -0.3 is 5.32 Å². The highest BCUT2D eigenvalue weighted by molar-refractivity contribution is 8.00. The van der Waals surface area contributed by atoms with E-state index in [1.807, 2.05) is 66.0 Å². The minimum atomic E-state index is -0.698. The van der Waals surface area contributed by atoms with Gasteiger partial charge in [-0.25, -0.2) is 4.90 Å². The molecule has 2 aliphatic heterocycles. The van der Waals surface area contributed by atoms with Crippen LogP contribution in [0.4, 0.5) is 11.4 Å². The Morgan fingerprint density at radius 1 is 0.850 bits per heavy atom. The number of hydrogen-bond acceptors (Lipinski definition) is 7. The molecule has 3 atom stereocenters. The van der Waals surface area contributed by atoms with Gasteiger partial charge in [0, 0.05) is 21.4 Å². The summed E-state index contributed by atoms with van der Waals surface area (Å²) < 4.78 is 1.45. The highest BCUT2D eigenvalue weighted by atomic mass is 32.2. The number of benzene rings is 3. The number of fused-ring (bicyclic) bond motifs is 3. The van der Waals surface area contributed by atoms with Gasteiger partial charge in [0.2, 0.25) is 17.7 Å². The molecule has 4 heterocycles. The van der Waals surface area contributed by atoms with Crippen molar-refractivity contribution in [3.8, 4) is 0 Å². The first-order valence-electron chi connectivity index (χ1n) is 12.6. The SMILES string of the molecule is O=C(Cn1c2c(sc1=O)[C@@H](c1cccs1)[C@@H]1C(=O)N(c3ccccc3)C(=O)[C@@H]1S2)Nc1ccc2ccccc2c1. The summed E-state index contributed by atoms with van der Waals surface area (Å²) in [5, 5.41) is 6.78. The van der Waals surface area contributed by atoms with Crippen LogP contribution < -0.4 is 15.1 Å². The number of carbonyl (C=O) groups is 3. The molecule has 1 saturated heterocycles. The predicted octanol–water partition coefficient (Wildman–Crippen LogP) is 5.56. The molecule has 5 aromatic rings. The van der Waals surface area contributed by atoms with Crippen molar-refractivity contribution in [2.45, 2.75) is 22.7 Å². The molecule has 198 valence electrons. The number of amides is 3. The highest BCUT2D eigenvalue weighted by Crippen LogP contribution is 2.54. The molecule has 3 amide bonds. The van der Waals surface area contributed by atoms with Gasteiger partial charge in [-0.3, -0.25) is 23.7 Å². The Hall–Kier alpha value is -3.99. The van der Waals surface area contributed by atoms with E-state index in [-0.39, 0.29) is 29.1 Å². The maximum Gasteiger partial charge on any atom is 0.308 e. The highest BCUT2D eigenvalue weighted by Gasteiger charge is 2.57. The maximum atomic E-state index is 13.8. The monoisotopic (exact) mass is 583 g/mol. The zero-order valence-electron chi connectivity index (χ0n) is 20.9. The molecule has 7 rings (SSSR count). The molecule has 1 N–H and O–H groups in total. The van der Waals surface area contributed by atoms with Crippen LogP contribution in [0, 0.1) is 5.92 Å². The van der Waals surface area contributed by atoms with Crippen LogP contribution in [-0.2, 0) is 20.9 Å². The second-order valence-corrected chi connectivity index (χ2v) is 12.7. The number of thiophene rings is 1. The van der Waals surface area contributed by atoms with Crippen molar-refractivity contribution in [3.05, 3.63) is 110 Å². The molecule has 10 heteroatoms. The molecule has 0 saturated carbocycles. The second kappa shape index (κ2) is 9.88. The third kappa shape index (κ3) is 4.11. The van der Waals surface area contributed by atoms with Crippen molar-refractivity contribution >= 4 is 74.3 Å². The number of para-hydroxylation sites is 1. The van der Waals surface area contributed by atoms with E-state index in [1.165, 1.54) is 32.6 Å². The van der Waals surface area contributed by atoms with Crippen LogP contribution in [0.3, 0.4) is 0 Å². The minimum Gasteiger partial charge on any atom is -0.325 e. The van der Waals surface area contributed by atoms with E-state index in [4.69, 9.17) is 0 Å². The predicted molar refractivity (Wildman–Crippen MR) is 159 cm³/mol. The summed E-state index contributed by atoms with van der Waals surface area (Å²) in [7, 11) is 0. The fourth-order valence-corrected chi connectivity index (χ4v) is 9.19. The van der Waals surface area contributed by atoms with Gasteiger partial charge in [-0.2, -0.15) is 0 Å². The lowest BCUT2D eigenvalue weighted by Crippen LogP contribution is -2.32. The number of anilines is 2. The van der Waals surface area contributed by atoms with E-state index in [0.717, 1.165) is 31.9 Å². The number of imide groups is 1. The summed E-state index contributed by atoms with van der Waals surface area (Å²) in [6, 6.07) is 26.3. The van der Waals surface area contributed by atoms with Crippen LogP contribution >= 0.6 is 34.4 Å². The summed E-state index contributed by atoms with van der Waals surface area (Å²) in [5.74, 6) is -1.98. The average Bonchev–Trinajstić information content (AvgIpc) is 3.66. The standard InChI is InChI=1S/C30H21N3O4S3/c34-22(31-19-13-12-17-7-4-5-8-18(17)15-19)16-32-29-26(40-30(32)37)23(21-11-6-14-38-21)24-25(39-29)28(36)33(27(24)35)20-9-2-1-3-10-20/h1-15,23-25H,16H2,(H,31,34)/t23-,24-,25+/m0/s1. The smallest absolute Gasteiger partial charge is 0.308 e. The van der Waals surface area contributed by atoms with E-state index in [2.05, 4.69) is 5.32 Å². The topological polar surface area (TPSA) is 88.5 Å². The Balaban J connectivity index is 1.24. The maximum absolute atomic E-state index is 13.8. The van der Waals surface area contributed by atoms with E-state index in [0.29, 0.717) is 16.4 Å². The normalized spacial score (nSPS) is 20.0. The van der Waals surface area contributed by atoms with Crippen molar-refractivity contribution in [1.82, 2.24) is 4.57 Å². The van der Waals surface area contributed by atoms with Crippen LogP contribution in [0.2, 0.25) is 0 Å². The quantitative estimate of drug-likeness (QED) is 0.274. The number of nitrogens with zero attached hydrogens (tertiary/aromatic N) is 2. The van der Waals surface area contributed by atoms with Crippen LogP contribution in [-0.4, -0.2) is 27.5 Å². The van der Waals surface area contributed by atoms with Crippen molar-refractivity contribution in [1.29, 1.82) is 0 Å². The number of thiazole rings is 1. The summed E-state index contributed by atoms with van der Waals surface area (Å²) >= 11 is 3.77. The van der Waals surface area contributed by atoms with E-state index >= 15 is 0 Å². The van der Waals surface area contributed by atoms with Gasteiger partial charge >= 0.3 is 4.87 Å².